The van der Waals surface area contributed by atoms with Crippen LogP contribution in [0.4, 0.5) is 40.8 Å². The summed E-state index contributed by atoms with van der Waals surface area (Å²) in [4.78, 5) is 32.0. The van der Waals surface area contributed by atoms with Crippen LogP contribution in [0.1, 0.15) is 5.56 Å². The van der Waals surface area contributed by atoms with Gasteiger partial charge in [0.1, 0.15) is 5.15 Å². The molecule has 0 atom stereocenters. The lowest BCUT2D eigenvalue weighted by atomic mass is 10.2. The molecule has 12 heteroatoms. The Morgan fingerprint density at radius 2 is 1.70 bits per heavy atom. The number of non-ortho nitro benzene ring substituents is 1. The number of anilines is 3. The van der Waals surface area contributed by atoms with Crippen molar-refractivity contribution >= 4 is 40.5 Å². The molecule has 0 aliphatic heterocycles. The van der Waals surface area contributed by atoms with Crippen molar-refractivity contribution in [3.05, 3.63) is 81.8 Å². The van der Waals surface area contributed by atoms with Gasteiger partial charge in [0.15, 0.2) is 5.82 Å². The largest absolute Gasteiger partial charge is 0.416 e. The van der Waals surface area contributed by atoms with Gasteiger partial charge < -0.3 is 5.32 Å². The van der Waals surface area contributed by atoms with E-state index in [0.29, 0.717) is 0 Å². The van der Waals surface area contributed by atoms with Crippen molar-refractivity contribution in [3.8, 4) is 0 Å². The summed E-state index contributed by atoms with van der Waals surface area (Å²) in [6.45, 7) is 0. The van der Waals surface area contributed by atoms with Crippen LogP contribution in [0.3, 0.4) is 0 Å². The third-order valence-corrected chi connectivity index (χ3v) is 3.99. The van der Waals surface area contributed by atoms with Gasteiger partial charge in [0, 0.05) is 17.8 Å². The van der Waals surface area contributed by atoms with Crippen LogP contribution in [0.2, 0.25) is 5.15 Å². The lowest BCUT2D eigenvalue weighted by Gasteiger charge is -2.22. The maximum Gasteiger partial charge on any atom is 0.416 e. The molecule has 0 fully saturated rings. The topological polar surface area (TPSA) is 101 Å². The number of halogens is 4. The molecule has 1 aromatic heterocycles. The molecular formula is C18H11ClF3N5O3. The minimum Gasteiger partial charge on any atom is -0.307 e. The monoisotopic (exact) mass is 437 g/mol. The van der Waals surface area contributed by atoms with Crippen LogP contribution in [-0.4, -0.2) is 20.9 Å². The minimum atomic E-state index is -4.51. The summed E-state index contributed by atoms with van der Waals surface area (Å²) >= 11 is 5.84. The van der Waals surface area contributed by atoms with E-state index >= 15 is 0 Å². The van der Waals surface area contributed by atoms with E-state index in [1.54, 1.807) is 0 Å². The average Bonchev–Trinajstić information content (AvgIpc) is 2.68. The molecule has 8 nitrogen and oxygen atoms in total. The molecule has 3 rings (SSSR count). The molecule has 0 spiro atoms. The van der Waals surface area contributed by atoms with Gasteiger partial charge in [0.2, 0.25) is 0 Å². The van der Waals surface area contributed by atoms with Crippen molar-refractivity contribution in [2.45, 2.75) is 6.18 Å². The number of hydrogen-bond donors (Lipinski definition) is 1. The normalized spacial score (nSPS) is 11.1. The molecule has 2 aromatic carbocycles. The fourth-order valence-electron chi connectivity index (χ4n) is 2.44. The van der Waals surface area contributed by atoms with Crippen LogP contribution < -0.4 is 10.2 Å². The van der Waals surface area contributed by atoms with E-state index in [4.69, 9.17) is 11.6 Å². The van der Waals surface area contributed by atoms with E-state index in [1.807, 2.05) is 0 Å². The zero-order valence-corrected chi connectivity index (χ0v) is 15.6. The number of nitrogens with zero attached hydrogens (tertiary/aromatic N) is 4. The van der Waals surface area contributed by atoms with Crippen LogP contribution >= 0.6 is 11.6 Å². The van der Waals surface area contributed by atoms with Crippen molar-refractivity contribution in [3.63, 3.8) is 0 Å². The first kappa shape index (κ1) is 21.0. The van der Waals surface area contributed by atoms with Gasteiger partial charge in [-0.05, 0) is 36.4 Å². The van der Waals surface area contributed by atoms with E-state index in [9.17, 15) is 28.1 Å². The summed E-state index contributed by atoms with van der Waals surface area (Å²) in [7, 11) is 0. The van der Waals surface area contributed by atoms with Crippen LogP contribution in [0.15, 0.2) is 60.9 Å². The van der Waals surface area contributed by atoms with Gasteiger partial charge in [-0.1, -0.05) is 11.6 Å². The Morgan fingerprint density at radius 1 is 1.07 bits per heavy atom. The molecule has 0 saturated heterocycles. The number of amides is 2. The predicted molar refractivity (Wildman–Crippen MR) is 103 cm³/mol. The van der Waals surface area contributed by atoms with Crippen molar-refractivity contribution in [2.75, 3.05) is 10.2 Å². The highest BCUT2D eigenvalue weighted by Gasteiger charge is 2.30. The summed E-state index contributed by atoms with van der Waals surface area (Å²) in [5.41, 5.74) is -0.774. The summed E-state index contributed by atoms with van der Waals surface area (Å²) in [6, 6.07) is 8.05. The second kappa shape index (κ2) is 8.33. The standard InChI is InChI=1S/C18H11ClF3N5O3/c19-15-9-23-10-16(25-15)26(13-5-7-14(8-6-13)27(29)30)17(28)24-12-3-1-11(2-4-12)18(20,21)22/h1-10H,(H,24,28). The molecule has 3 aromatic rings. The molecule has 0 bridgehead atoms. The van der Waals surface area contributed by atoms with Gasteiger partial charge in [-0.2, -0.15) is 13.2 Å². The van der Waals surface area contributed by atoms with Gasteiger partial charge in [-0.3, -0.25) is 15.1 Å². The molecular weight excluding hydrogens is 427 g/mol. The maximum atomic E-state index is 12.9. The number of nitro benzene ring substituents is 1. The Kier molecular flexibility index (Phi) is 5.83. The number of hydrogen-bond acceptors (Lipinski definition) is 5. The van der Waals surface area contributed by atoms with E-state index in [0.717, 1.165) is 29.2 Å². The molecule has 0 saturated carbocycles. The summed E-state index contributed by atoms with van der Waals surface area (Å²) in [5, 5.41) is 13.3. The number of carbonyl (C=O) groups is 1. The molecule has 1 heterocycles. The van der Waals surface area contributed by atoms with Gasteiger partial charge >= 0.3 is 12.2 Å². The van der Waals surface area contributed by atoms with Gasteiger partial charge in [-0.25, -0.2) is 14.7 Å². The third kappa shape index (κ3) is 4.81. The van der Waals surface area contributed by atoms with Crippen molar-refractivity contribution < 1.29 is 22.9 Å². The number of rotatable bonds is 4. The maximum absolute atomic E-state index is 12.9. The second-order valence-corrected chi connectivity index (χ2v) is 6.20. The van der Waals surface area contributed by atoms with Crippen LogP contribution in [-0.2, 0) is 6.18 Å². The lowest BCUT2D eigenvalue weighted by Crippen LogP contribution is -2.31. The summed E-state index contributed by atoms with van der Waals surface area (Å²) in [5.74, 6) is 0.000708. The Bertz CT molecular complexity index is 1080. The minimum absolute atomic E-state index is 0.000708. The number of alkyl halides is 3. The van der Waals surface area contributed by atoms with Gasteiger partial charge in [0.25, 0.3) is 5.69 Å². The predicted octanol–water partition coefficient (Wildman–Crippen LogP) is 5.43. The van der Waals surface area contributed by atoms with E-state index < -0.39 is 22.7 Å². The van der Waals surface area contributed by atoms with Crippen LogP contribution in [0, 0.1) is 10.1 Å². The third-order valence-electron chi connectivity index (χ3n) is 3.81. The number of urea groups is 1. The zero-order valence-electron chi connectivity index (χ0n) is 14.8. The SMILES string of the molecule is O=C(Nc1ccc(C(F)(F)F)cc1)N(c1ccc([N+](=O)[O-])cc1)c1cncc(Cl)n1. The first-order valence-corrected chi connectivity index (χ1v) is 8.53. The van der Waals surface area contributed by atoms with Crippen molar-refractivity contribution in [1.82, 2.24) is 9.97 Å². The first-order valence-electron chi connectivity index (χ1n) is 8.15. The number of carbonyl (C=O) groups excluding carboxylic acids is 1. The number of benzene rings is 2. The molecule has 0 aliphatic rings. The Hall–Kier alpha value is -3.73. The molecule has 154 valence electrons. The molecule has 0 unspecified atom stereocenters. The quantitative estimate of drug-likeness (QED) is 0.433. The fourth-order valence-corrected chi connectivity index (χ4v) is 2.58. The average molecular weight is 438 g/mol. The van der Waals surface area contributed by atoms with Gasteiger partial charge in [-0.15, -0.1) is 0 Å². The highest BCUT2D eigenvalue weighted by Crippen LogP contribution is 2.31. The number of nitro groups is 1. The first-order chi connectivity index (χ1) is 14.1. The van der Waals surface area contributed by atoms with Crippen molar-refractivity contribution in [2.24, 2.45) is 0 Å². The smallest absolute Gasteiger partial charge is 0.307 e. The summed E-state index contributed by atoms with van der Waals surface area (Å²) in [6.07, 6.45) is -2.03. The Morgan fingerprint density at radius 3 is 2.23 bits per heavy atom. The lowest BCUT2D eigenvalue weighted by molar-refractivity contribution is -0.384. The van der Waals surface area contributed by atoms with E-state index in [-0.39, 0.29) is 28.0 Å². The molecule has 1 N–H and O–H groups in total. The Balaban J connectivity index is 1.93. The number of aromatic nitrogens is 2. The Labute approximate surface area is 172 Å². The molecule has 30 heavy (non-hydrogen) atoms. The molecule has 0 aliphatic carbocycles. The van der Waals surface area contributed by atoms with E-state index in [1.165, 1.54) is 36.7 Å². The fraction of sp³-hybridized carbons (Fsp3) is 0.0556. The molecule has 2 amide bonds. The van der Waals surface area contributed by atoms with Crippen LogP contribution in [0.5, 0.6) is 0 Å². The highest BCUT2D eigenvalue weighted by molar-refractivity contribution is 6.29. The van der Waals surface area contributed by atoms with Crippen LogP contribution in [0.25, 0.3) is 0 Å². The second-order valence-electron chi connectivity index (χ2n) is 5.81. The number of nitrogens with one attached hydrogen (secondary N) is 1. The molecule has 0 radical (unpaired) electrons. The van der Waals surface area contributed by atoms with Gasteiger partial charge in [0.05, 0.1) is 28.6 Å². The van der Waals surface area contributed by atoms with E-state index in [2.05, 4.69) is 15.3 Å². The van der Waals surface area contributed by atoms with Crippen molar-refractivity contribution in [1.29, 1.82) is 0 Å². The summed E-state index contributed by atoms with van der Waals surface area (Å²) < 4.78 is 38.1. The zero-order chi connectivity index (χ0) is 21.9. The highest BCUT2D eigenvalue weighted by atomic mass is 35.5.